The zero-order valence-electron chi connectivity index (χ0n) is 14.0. The number of amides is 1. The second-order valence-electron chi connectivity index (χ2n) is 5.91. The smallest absolute Gasteiger partial charge is 0.257 e. The van der Waals surface area contributed by atoms with Crippen LogP contribution in [-0.4, -0.2) is 56.1 Å². The first-order chi connectivity index (χ1) is 11.7. The van der Waals surface area contributed by atoms with Crippen LogP contribution >= 0.6 is 0 Å². The average Bonchev–Trinajstić information content (AvgIpc) is 2.62. The highest BCUT2D eigenvalue weighted by molar-refractivity contribution is 6.04. The van der Waals surface area contributed by atoms with Gasteiger partial charge in [0, 0.05) is 44.1 Å². The topological polar surface area (TPSA) is 57.7 Å². The summed E-state index contributed by atoms with van der Waals surface area (Å²) in [5, 5.41) is 2.88. The number of hydrogen-bond donors (Lipinski definition) is 1. The molecule has 1 N–H and O–H groups in total. The molecule has 2 heterocycles. The van der Waals surface area contributed by atoms with Crippen LogP contribution in [0.4, 0.5) is 11.4 Å². The molecule has 1 aromatic carbocycles. The first kappa shape index (κ1) is 16.3. The Labute approximate surface area is 142 Å². The average molecular weight is 326 g/mol. The Morgan fingerprint density at radius 2 is 1.96 bits per heavy atom. The standard InChI is InChI=1S/C18H22N4O2/c1-21-6-8-22(9-7-21)16-10-14(12-19-13-16)18(23)20-15-4-3-5-17(11-15)24-2/h3-5,10-13H,6-9H2,1-2H3,(H,20,23). The van der Waals surface area contributed by atoms with Crippen molar-refractivity contribution in [1.82, 2.24) is 9.88 Å². The zero-order valence-corrected chi connectivity index (χ0v) is 14.0. The lowest BCUT2D eigenvalue weighted by Gasteiger charge is -2.33. The van der Waals surface area contributed by atoms with Crippen molar-refractivity contribution in [2.24, 2.45) is 0 Å². The number of anilines is 2. The minimum Gasteiger partial charge on any atom is -0.497 e. The third kappa shape index (κ3) is 3.83. The fourth-order valence-corrected chi connectivity index (χ4v) is 2.69. The molecular formula is C18H22N4O2. The summed E-state index contributed by atoms with van der Waals surface area (Å²) in [5.74, 6) is 0.531. The van der Waals surface area contributed by atoms with Gasteiger partial charge in [-0.15, -0.1) is 0 Å². The number of hydrogen-bond acceptors (Lipinski definition) is 5. The van der Waals surface area contributed by atoms with Gasteiger partial charge in [-0.1, -0.05) is 6.07 Å². The van der Waals surface area contributed by atoms with Crippen molar-refractivity contribution in [1.29, 1.82) is 0 Å². The molecule has 1 fully saturated rings. The maximum absolute atomic E-state index is 12.5. The molecule has 1 aromatic heterocycles. The molecule has 6 heteroatoms. The van der Waals surface area contributed by atoms with Gasteiger partial charge < -0.3 is 19.9 Å². The van der Waals surface area contributed by atoms with Crippen LogP contribution < -0.4 is 15.0 Å². The Hall–Kier alpha value is -2.60. The van der Waals surface area contributed by atoms with Crippen molar-refractivity contribution in [2.45, 2.75) is 0 Å². The second-order valence-corrected chi connectivity index (χ2v) is 5.91. The molecule has 3 rings (SSSR count). The van der Waals surface area contributed by atoms with Gasteiger partial charge in [-0.25, -0.2) is 0 Å². The molecule has 6 nitrogen and oxygen atoms in total. The molecule has 0 aliphatic carbocycles. The summed E-state index contributed by atoms with van der Waals surface area (Å²) in [5.41, 5.74) is 2.24. The van der Waals surface area contributed by atoms with Crippen LogP contribution in [0.2, 0.25) is 0 Å². The number of pyridine rings is 1. The summed E-state index contributed by atoms with van der Waals surface area (Å²) in [4.78, 5) is 21.3. The third-order valence-corrected chi connectivity index (χ3v) is 4.18. The molecule has 24 heavy (non-hydrogen) atoms. The number of likely N-dealkylation sites (N-methyl/N-ethyl adjacent to an activating group) is 1. The molecule has 0 atom stereocenters. The summed E-state index contributed by atoms with van der Waals surface area (Å²) < 4.78 is 5.17. The van der Waals surface area contributed by atoms with E-state index in [2.05, 4.69) is 27.1 Å². The number of ether oxygens (including phenoxy) is 1. The third-order valence-electron chi connectivity index (χ3n) is 4.18. The molecule has 1 amide bonds. The van der Waals surface area contributed by atoms with Crippen LogP contribution in [-0.2, 0) is 0 Å². The van der Waals surface area contributed by atoms with Crippen LogP contribution in [0.3, 0.4) is 0 Å². The number of aromatic nitrogens is 1. The highest BCUT2D eigenvalue weighted by Crippen LogP contribution is 2.20. The van der Waals surface area contributed by atoms with Crippen molar-refractivity contribution in [3.8, 4) is 5.75 Å². The van der Waals surface area contributed by atoms with Gasteiger partial charge in [0.15, 0.2) is 0 Å². The largest absolute Gasteiger partial charge is 0.497 e. The van der Waals surface area contributed by atoms with E-state index in [1.165, 1.54) is 0 Å². The van der Waals surface area contributed by atoms with Crippen LogP contribution in [0, 0.1) is 0 Å². The molecule has 2 aromatic rings. The molecule has 0 bridgehead atoms. The molecule has 0 spiro atoms. The van der Waals surface area contributed by atoms with E-state index in [1.807, 2.05) is 30.5 Å². The Kier molecular flexibility index (Phi) is 4.96. The van der Waals surface area contributed by atoms with Crippen LogP contribution in [0.25, 0.3) is 0 Å². The number of methoxy groups -OCH3 is 1. The second kappa shape index (κ2) is 7.31. The SMILES string of the molecule is COc1cccc(NC(=O)c2cncc(N3CCN(C)CC3)c2)c1. The monoisotopic (exact) mass is 326 g/mol. The molecule has 126 valence electrons. The summed E-state index contributed by atoms with van der Waals surface area (Å²) in [6.45, 7) is 3.92. The van der Waals surface area contributed by atoms with E-state index in [4.69, 9.17) is 4.74 Å². The number of benzene rings is 1. The van der Waals surface area contributed by atoms with E-state index < -0.39 is 0 Å². The van der Waals surface area contributed by atoms with Gasteiger partial charge in [-0.2, -0.15) is 0 Å². The minimum absolute atomic E-state index is 0.174. The summed E-state index contributed by atoms with van der Waals surface area (Å²) >= 11 is 0. The van der Waals surface area contributed by atoms with E-state index in [9.17, 15) is 4.79 Å². The van der Waals surface area contributed by atoms with Gasteiger partial charge in [0.2, 0.25) is 0 Å². The Morgan fingerprint density at radius 3 is 2.71 bits per heavy atom. The van der Waals surface area contributed by atoms with Gasteiger partial charge in [0.25, 0.3) is 5.91 Å². The summed E-state index contributed by atoms with van der Waals surface area (Å²) in [6, 6.07) is 9.19. The number of carbonyl (C=O) groups excluding carboxylic acids is 1. The van der Waals surface area contributed by atoms with Gasteiger partial charge in [0.1, 0.15) is 5.75 Å². The predicted octanol–water partition coefficient (Wildman–Crippen LogP) is 2.09. The van der Waals surface area contributed by atoms with Gasteiger partial charge in [-0.3, -0.25) is 9.78 Å². The quantitative estimate of drug-likeness (QED) is 0.932. The first-order valence-electron chi connectivity index (χ1n) is 7.99. The van der Waals surface area contributed by atoms with Crippen LogP contribution in [0.15, 0.2) is 42.7 Å². The lowest BCUT2D eigenvalue weighted by Crippen LogP contribution is -2.44. The van der Waals surface area contributed by atoms with Crippen molar-refractivity contribution in [2.75, 3.05) is 50.6 Å². The number of rotatable bonds is 4. The number of nitrogens with zero attached hydrogens (tertiary/aromatic N) is 3. The Morgan fingerprint density at radius 1 is 1.17 bits per heavy atom. The molecule has 0 saturated carbocycles. The highest BCUT2D eigenvalue weighted by Gasteiger charge is 2.16. The highest BCUT2D eigenvalue weighted by atomic mass is 16.5. The Balaban J connectivity index is 1.72. The molecule has 0 unspecified atom stereocenters. The lowest BCUT2D eigenvalue weighted by molar-refractivity contribution is 0.102. The van der Waals surface area contributed by atoms with E-state index in [0.717, 1.165) is 31.9 Å². The van der Waals surface area contributed by atoms with E-state index in [1.54, 1.807) is 19.4 Å². The maximum Gasteiger partial charge on any atom is 0.257 e. The fraction of sp³-hybridized carbons (Fsp3) is 0.333. The Bertz CT molecular complexity index is 712. The van der Waals surface area contributed by atoms with Gasteiger partial charge >= 0.3 is 0 Å². The van der Waals surface area contributed by atoms with Gasteiger partial charge in [0.05, 0.1) is 24.6 Å². The fourth-order valence-electron chi connectivity index (χ4n) is 2.69. The van der Waals surface area contributed by atoms with Crippen molar-refractivity contribution in [3.63, 3.8) is 0 Å². The number of nitrogens with one attached hydrogen (secondary N) is 1. The van der Waals surface area contributed by atoms with E-state index >= 15 is 0 Å². The first-order valence-corrected chi connectivity index (χ1v) is 7.99. The minimum atomic E-state index is -0.174. The number of piperazine rings is 1. The molecule has 1 aliphatic heterocycles. The van der Waals surface area contributed by atoms with Crippen LogP contribution in [0.1, 0.15) is 10.4 Å². The van der Waals surface area contributed by atoms with E-state index in [0.29, 0.717) is 17.0 Å². The number of carbonyl (C=O) groups is 1. The predicted molar refractivity (Wildman–Crippen MR) is 94.9 cm³/mol. The molecule has 1 aliphatic rings. The zero-order chi connectivity index (χ0) is 16.9. The lowest BCUT2D eigenvalue weighted by atomic mass is 10.2. The molecular weight excluding hydrogens is 304 g/mol. The van der Waals surface area contributed by atoms with Crippen molar-refractivity contribution < 1.29 is 9.53 Å². The normalized spacial score (nSPS) is 15.2. The molecule has 0 radical (unpaired) electrons. The summed E-state index contributed by atoms with van der Waals surface area (Å²) in [7, 11) is 3.72. The van der Waals surface area contributed by atoms with Crippen LogP contribution in [0.5, 0.6) is 5.75 Å². The van der Waals surface area contributed by atoms with Crippen molar-refractivity contribution in [3.05, 3.63) is 48.3 Å². The molecule has 1 saturated heterocycles. The summed E-state index contributed by atoms with van der Waals surface area (Å²) in [6.07, 6.45) is 3.41. The van der Waals surface area contributed by atoms with Crippen molar-refractivity contribution >= 4 is 17.3 Å². The maximum atomic E-state index is 12.5. The van der Waals surface area contributed by atoms with E-state index in [-0.39, 0.29) is 5.91 Å². The van der Waals surface area contributed by atoms with Gasteiger partial charge in [-0.05, 0) is 25.2 Å².